The zero-order chi connectivity index (χ0) is 18.6. The first kappa shape index (κ1) is 21.8. The average molecular weight is 391 g/mol. The predicted octanol–water partition coefficient (Wildman–Crippen LogP) is 1.32. The molecular formula is C16H21ClF2N4O3. The van der Waals surface area contributed by atoms with Crippen LogP contribution in [0.2, 0.25) is 0 Å². The van der Waals surface area contributed by atoms with Crippen molar-refractivity contribution in [2.45, 2.75) is 31.8 Å². The average Bonchev–Trinajstić information content (AvgIpc) is 2.85. The third-order valence-corrected chi connectivity index (χ3v) is 3.93. The summed E-state index contributed by atoms with van der Waals surface area (Å²) in [4.78, 5) is 36.7. The highest BCUT2D eigenvalue weighted by Gasteiger charge is 2.40. The predicted molar refractivity (Wildman–Crippen MR) is 94.2 cm³/mol. The molecule has 3 N–H and O–H groups in total. The van der Waals surface area contributed by atoms with Gasteiger partial charge in [0.25, 0.3) is 5.91 Å². The maximum absolute atomic E-state index is 13.8. The lowest BCUT2D eigenvalue weighted by Gasteiger charge is -2.14. The molecule has 7 nitrogen and oxygen atoms in total. The molecule has 1 aromatic carbocycles. The Morgan fingerprint density at radius 1 is 1.35 bits per heavy atom. The van der Waals surface area contributed by atoms with Gasteiger partial charge in [0.05, 0.1) is 5.69 Å². The van der Waals surface area contributed by atoms with Crippen molar-refractivity contribution in [3.05, 3.63) is 29.8 Å². The number of benzene rings is 1. The van der Waals surface area contributed by atoms with Crippen molar-refractivity contribution >= 4 is 35.9 Å². The number of halogens is 3. The summed E-state index contributed by atoms with van der Waals surface area (Å²) in [5, 5.41) is 8.08. The van der Waals surface area contributed by atoms with Crippen molar-refractivity contribution in [2.24, 2.45) is 0 Å². The number of hydrogen-bond donors (Lipinski definition) is 3. The van der Waals surface area contributed by atoms with Gasteiger partial charge in [0.1, 0.15) is 17.7 Å². The minimum absolute atomic E-state index is 0. The Labute approximate surface area is 155 Å². The highest BCUT2D eigenvalue weighted by atomic mass is 35.5. The van der Waals surface area contributed by atoms with E-state index in [-0.39, 0.29) is 42.9 Å². The molecule has 0 radical (unpaired) electrons. The van der Waals surface area contributed by atoms with Gasteiger partial charge in [-0.15, -0.1) is 12.4 Å². The van der Waals surface area contributed by atoms with Gasteiger partial charge in [-0.2, -0.15) is 0 Å². The Balaban J connectivity index is 0.00000338. The number of nitrogens with zero attached hydrogens (tertiary/aromatic N) is 1. The van der Waals surface area contributed by atoms with Gasteiger partial charge < -0.3 is 16.0 Å². The van der Waals surface area contributed by atoms with Crippen molar-refractivity contribution in [1.29, 1.82) is 0 Å². The number of imide groups is 1. The molecule has 0 bridgehead atoms. The topological polar surface area (TPSA) is 90.5 Å². The number of urea groups is 1. The van der Waals surface area contributed by atoms with Crippen molar-refractivity contribution in [3.8, 4) is 0 Å². The molecule has 1 saturated heterocycles. The second-order valence-corrected chi connectivity index (χ2v) is 5.80. The first-order valence-corrected chi connectivity index (χ1v) is 7.87. The Bertz CT molecular complexity index is 689. The largest absolute Gasteiger partial charge is 0.355 e. The highest BCUT2D eigenvalue weighted by Crippen LogP contribution is 2.24. The van der Waals surface area contributed by atoms with Gasteiger partial charge in [0, 0.05) is 25.1 Å². The molecule has 0 spiro atoms. The van der Waals surface area contributed by atoms with Gasteiger partial charge in [-0.05, 0) is 32.5 Å². The van der Waals surface area contributed by atoms with Crippen LogP contribution in [0.3, 0.4) is 0 Å². The van der Waals surface area contributed by atoms with Crippen LogP contribution < -0.4 is 20.9 Å². The van der Waals surface area contributed by atoms with Crippen LogP contribution in [-0.4, -0.2) is 43.5 Å². The summed E-state index contributed by atoms with van der Waals surface area (Å²) in [6.45, 7) is 2.34. The van der Waals surface area contributed by atoms with Crippen LogP contribution in [0.15, 0.2) is 18.2 Å². The maximum atomic E-state index is 13.8. The van der Waals surface area contributed by atoms with Crippen LogP contribution in [-0.2, 0) is 9.59 Å². The summed E-state index contributed by atoms with van der Waals surface area (Å²) < 4.78 is 26.8. The second-order valence-electron chi connectivity index (χ2n) is 5.80. The molecular weight excluding hydrogens is 370 g/mol. The van der Waals surface area contributed by atoms with E-state index < -0.39 is 29.6 Å². The summed E-state index contributed by atoms with van der Waals surface area (Å²) in [6.07, 6.45) is 0.122. The number of amides is 4. The number of rotatable bonds is 7. The molecule has 1 fully saturated rings. The third-order valence-electron chi connectivity index (χ3n) is 3.93. The highest BCUT2D eigenvalue weighted by molar-refractivity contribution is 6.21. The fourth-order valence-electron chi connectivity index (χ4n) is 2.35. The van der Waals surface area contributed by atoms with Crippen molar-refractivity contribution < 1.29 is 23.2 Å². The van der Waals surface area contributed by atoms with Crippen LogP contribution in [0.4, 0.5) is 19.3 Å². The van der Waals surface area contributed by atoms with Crippen LogP contribution in [0, 0.1) is 11.6 Å². The molecule has 4 amide bonds. The van der Waals surface area contributed by atoms with Gasteiger partial charge in [-0.1, -0.05) is 0 Å². The van der Waals surface area contributed by atoms with Crippen molar-refractivity contribution in [2.75, 3.05) is 18.5 Å². The molecule has 144 valence electrons. The number of likely N-dealkylation sites (N-methyl/N-ethyl adjacent to an activating group) is 1. The quantitative estimate of drug-likeness (QED) is 0.612. The smallest absolute Gasteiger partial charge is 0.329 e. The molecule has 26 heavy (non-hydrogen) atoms. The third kappa shape index (κ3) is 5.12. The van der Waals surface area contributed by atoms with Crippen LogP contribution >= 0.6 is 12.4 Å². The molecule has 1 heterocycles. The van der Waals surface area contributed by atoms with Gasteiger partial charge in [-0.3, -0.25) is 9.59 Å². The molecule has 1 aromatic rings. The van der Waals surface area contributed by atoms with E-state index in [0.29, 0.717) is 17.5 Å². The maximum Gasteiger partial charge on any atom is 0.329 e. The molecule has 0 aliphatic carbocycles. The van der Waals surface area contributed by atoms with E-state index in [4.69, 9.17) is 0 Å². The Hall–Kier alpha value is -2.26. The summed E-state index contributed by atoms with van der Waals surface area (Å²) >= 11 is 0. The summed E-state index contributed by atoms with van der Waals surface area (Å²) in [6, 6.07) is 0.960. The molecule has 2 unspecified atom stereocenters. The number of carbonyl (C=O) groups excluding carboxylic acids is 3. The Kier molecular flexibility index (Phi) is 7.91. The van der Waals surface area contributed by atoms with Gasteiger partial charge in [0.2, 0.25) is 5.91 Å². The zero-order valence-electron chi connectivity index (χ0n) is 14.3. The van der Waals surface area contributed by atoms with E-state index in [1.807, 2.05) is 6.92 Å². The summed E-state index contributed by atoms with van der Waals surface area (Å²) in [5.74, 6) is -2.75. The molecule has 10 heteroatoms. The molecule has 0 aromatic heterocycles. The summed E-state index contributed by atoms with van der Waals surface area (Å²) in [5.41, 5.74) is -0.321. The van der Waals surface area contributed by atoms with Gasteiger partial charge >= 0.3 is 6.03 Å². The SMILES string of the molecule is CNC(C)CNC(=O)CCC1NC(=O)N(c2ccc(F)cc2F)C1=O.Cl. The Morgan fingerprint density at radius 3 is 2.65 bits per heavy atom. The van der Waals surface area contributed by atoms with E-state index in [9.17, 15) is 23.2 Å². The minimum atomic E-state index is -1.01. The van der Waals surface area contributed by atoms with Crippen LogP contribution in [0.25, 0.3) is 0 Å². The standard InChI is InChI=1S/C16H20F2N4O3.ClH/c1-9(19-2)8-20-14(23)6-4-12-15(24)22(16(25)21-12)13-5-3-10(17)7-11(13)18;/h3,5,7,9,12,19H,4,6,8H2,1-2H3,(H,20,23)(H,21,25);1H. The number of nitrogens with one attached hydrogen (secondary N) is 3. The van der Waals surface area contributed by atoms with Gasteiger partial charge in [-0.25, -0.2) is 18.5 Å². The van der Waals surface area contributed by atoms with E-state index >= 15 is 0 Å². The van der Waals surface area contributed by atoms with E-state index in [0.717, 1.165) is 12.1 Å². The first-order valence-electron chi connectivity index (χ1n) is 7.87. The van der Waals surface area contributed by atoms with E-state index in [1.165, 1.54) is 0 Å². The lowest BCUT2D eigenvalue weighted by molar-refractivity contribution is -0.121. The Morgan fingerprint density at radius 2 is 2.04 bits per heavy atom. The molecule has 0 saturated carbocycles. The fourth-order valence-corrected chi connectivity index (χ4v) is 2.35. The normalized spacial score (nSPS) is 17.5. The van der Waals surface area contributed by atoms with Crippen LogP contribution in [0.1, 0.15) is 19.8 Å². The minimum Gasteiger partial charge on any atom is -0.355 e. The second kappa shape index (κ2) is 9.44. The summed E-state index contributed by atoms with van der Waals surface area (Å²) in [7, 11) is 1.77. The number of hydrogen-bond acceptors (Lipinski definition) is 4. The first-order chi connectivity index (χ1) is 11.8. The van der Waals surface area contributed by atoms with E-state index in [2.05, 4.69) is 16.0 Å². The number of anilines is 1. The zero-order valence-corrected chi connectivity index (χ0v) is 15.2. The van der Waals surface area contributed by atoms with Crippen LogP contribution in [0.5, 0.6) is 0 Å². The molecule has 1 aliphatic rings. The lowest BCUT2D eigenvalue weighted by Crippen LogP contribution is -2.38. The van der Waals surface area contributed by atoms with Gasteiger partial charge in [0.15, 0.2) is 0 Å². The molecule has 2 atom stereocenters. The number of carbonyl (C=O) groups is 3. The van der Waals surface area contributed by atoms with Crippen molar-refractivity contribution in [1.82, 2.24) is 16.0 Å². The lowest BCUT2D eigenvalue weighted by atomic mass is 10.1. The van der Waals surface area contributed by atoms with Crippen molar-refractivity contribution in [3.63, 3.8) is 0 Å². The monoisotopic (exact) mass is 390 g/mol. The molecule has 2 rings (SSSR count). The fraction of sp³-hybridized carbons (Fsp3) is 0.438. The van der Waals surface area contributed by atoms with E-state index in [1.54, 1.807) is 7.05 Å². The molecule has 1 aliphatic heterocycles.